The monoisotopic (exact) mass is 409 g/mol. The van der Waals surface area contributed by atoms with Crippen LogP contribution in [0.1, 0.15) is 50.7 Å². The van der Waals surface area contributed by atoms with Gasteiger partial charge in [-0.25, -0.2) is 0 Å². The fraction of sp³-hybridized carbons (Fsp3) is 0.375. The van der Waals surface area contributed by atoms with Crippen LogP contribution in [0.4, 0.5) is 5.69 Å². The fourth-order valence-electron chi connectivity index (χ4n) is 3.05. The molecule has 30 heavy (non-hydrogen) atoms. The Kier molecular flexibility index (Phi) is 9.58. The minimum Gasteiger partial charge on any atom is -0.350 e. The standard InChI is InChI=1S/C24H31N3O3/c1-3-8-21(27-23(29)16-18-10-6-5-7-11-18)24(30)25-17-19-12-14-20(15-13-19)26-22(28)9-4-2/h5-7,10-15,21H,3-4,8-9,16-17H2,1-2H3,(H,25,30)(H,26,28)(H,27,29). The van der Waals surface area contributed by atoms with Crippen molar-refractivity contribution in [1.29, 1.82) is 0 Å². The molecule has 1 unspecified atom stereocenters. The average molecular weight is 410 g/mol. The largest absolute Gasteiger partial charge is 0.350 e. The van der Waals surface area contributed by atoms with E-state index in [1.165, 1.54) is 0 Å². The van der Waals surface area contributed by atoms with Crippen molar-refractivity contribution in [2.75, 3.05) is 5.32 Å². The summed E-state index contributed by atoms with van der Waals surface area (Å²) >= 11 is 0. The van der Waals surface area contributed by atoms with E-state index in [1.807, 2.05) is 68.4 Å². The van der Waals surface area contributed by atoms with E-state index >= 15 is 0 Å². The van der Waals surface area contributed by atoms with Gasteiger partial charge in [0.25, 0.3) is 0 Å². The molecule has 0 bridgehead atoms. The summed E-state index contributed by atoms with van der Waals surface area (Å²) in [6, 6.07) is 16.3. The highest BCUT2D eigenvalue weighted by atomic mass is 16.2. The summed E-state index contributed by atoms with van der Waals surface area (Å²) in [6.45, 7) is 4.30. The minimum atomic E-state index is -0.557. The van der Waals surface area contributed by atoms with E-state index in [2.05, 4.69) is 16.0 Å². The second-order valence-corrected chi connectivity index (χ2v) is 7.28. The topological polar surface area (TPSA) is 87.3 Å². The zero-order chi connectivity index (χ0) is 21.8. The van der Waals surface area contributed by atoms with Gasteiger partial charge in [0, 0.05) is 18.7 Å². The fourth-order valence-corrected chi connectivity index (χ4v) is 3.05. The van der Waals surface area contributed by atoms with Crippen molar-refractivity contribution in [2.24, 2.45) is 0 Å². The van der Waals surface area contributed by atoms with Crippen molar-refractivity contribution in [3.63, 3.8) is 0 Å². The predicted octanol–water partition coefficient (Wildman–Crippen LogP) is 3.57. The molecule has 0 aliphatic rings. The van der Waals surface area contributed by atoms with E-state index in [0.717, 1.165) is 29.7 Å². The minimum absolute atomic E-state index is 0.00722. The molecule has 3 N–H and O–H groups in total. The van der Waals surface area contributed by atoms with Gasteiger partial charge >= 0.3 is 0 Å². The van der Waals surface area contributed by atoms with E-state index in [4.69, 9.17) is 0 Å². The maximum Gasteiger partial charge on any atom is 0.242 e. The molecule has 6 heteroatoms. The number of rotatable bonds is 11. The summed E-state index contributed by atoms with van der Waals surface area (Å²) in [5.41, 5.74) is 2.57. The van der Waals surface area contributed by atoms with Crippen LogP contribution in [0.3, 0.4) is 0 Å². The zero-order valence-corrected chi connectivity index (χ0v) is 17.7. The maximum absolute atomic E-state index is 12.6. The first-order chi connectivity index (χ1) is 14.5. The van der Waals surface area contributed by atoms with Gasteiger partial charge < -0.3 is 16.0 Å². The lowest BCUT2D eigenvalue weighted by Crippen LogP contribution is -2.46. The molecule has 0 aromatic heterocycles. The van der Waals surface area contributed by atoms with Crippen LogP contribution in [0.25, 0.3) is 0 Å². The normalized spacial score (nSPS) is 11.4. The SMILES string of the molecule is CCCC(=O)Nc1ccc(CNC(=O)C(CCC)NC(=O)Cc2ccccc2)cc1. The molecule has 0 radical (unpaired) electrons. The molecule has 6 nitrogen and oxygen atoms in total. The molecule has 0 saturated heterocycles. The Hall–Kier alpha value is -3.15. The van der Waals surface area contributed by atoms with Gasteiger partial charge in [-0.15, -0.1) is 0 Å². The molecule has 0 saturated carbocycles. The van der Waals surface area contributed by atoms with Crippen LogP contribution in [0.2, 0.25) is 0 Å². The second-order valence-electron chi connectivity index (χ2n) is 7.28. The molecule has 3 amide bonds. The summed E-state index contributed by atoms with van der Waals surface area (Å²) in [4.78, 5) is 36.6. The van der Waals surface area contributed by atoms with Crippen LogP contribution in [0.15, 0.2) is 54.6 Å². The van der Waals surface area contributed by atoms with Crippen LogP contribution in [-0.2, 0) is 27.3 Å². The van der Waals surface area contributed by atoms with Crippen molar-refractivity contribution in [2.45, 2.75) is 58.5 Å². The van der Waals surface area contributed by atoms with Gasteiger partial charge in [-0.1, -0.05) is 62.7 Å². The van der Waals surface area contributed by atoms with Crippen molar-refractivity contribution < 1.29 is 14.4 Å². The lowest BCUT2D eigenvalue weighted by molar-refractivity contribution is -0.129. The highest BCUT2D eigenvalue weighted by Gasteiger charge is 2.19. The van der Waals surface area contributed by atoms with Crippen molar-refractivity contribution in [1.82, 2.24) is 10.6 Å². The first-order valence-electron chi connectivity index (χ1n) is 10.5. The number of amides is 3. The first-order valence-corrected chi connectivity index (χ1v) is 10.5. The molecular formula is C24H31N3O3. The molecular weight excluding hydrogens is 378 g/mol. The number of anilines is 1. The number of benzene rings is 2. The third-order valence-corrected chi connectivity index (χ3v) is 4.62. The highest BCUT2D eigenvalue weighted by molar-refractivity contribution is 5.90. The Labute approximate surface area is 178 Å². The van der Waals surface area contributed by atoms with Gasteiger partial charge in [0.2, 0.25) is 17.7 Å². The van der Waals surface area contributed by atoms with Crippen molar-refractivity contribution in [3.8, 4) is 0 Å². The summed E-state index contributed by atoms with van der Waals surface area (Å²) in [7, 11) is 0. The van der Waals surface area contributed by atoms with Crippen LogP contribution in [-0.4, -0.2) is 23.8 Å². The molecule has 2 aromatic carbocycles. The van der Waals surface area contributed by atoms with Crippen LogP contribution in [0.5, 0.6) is 0 Å². The van der Waals surface area contributed by atoms with E-state index in [1.54, 1.807) is 0 Å². The Bertz CT molecular complexity index is 819. The Morgan fingerprint density at radius 1 is 0.833 bits per heavy atom. The smallest absolute Gasteiger partial charge is 0.242 e. The summed E-state index contributed by atoms with van der Waals surface area (Å²) in [5, 5.41) is 8.58. The number of hydrogen-bond donors (Lipinski definition) is 3. The summed E-state index contributed by atoms with van der Waals surface area (Å²) < 4.78 is 0. The molecule has 0 heterocycles. The van der Waals surface area contributed by atoms with Crippen LogP contribution in [0, 0.1) is 0 Å². The van der Waals surface area contributed by atoms with Crippen LogP contribution < -0.4 is 16.0 Å². The van der Waals surface area contributed by atoms with Crippen molar-refractivity contribution in [3.05, 3.63) is 65.7 Å². The average Bonchev–Trinajstić information content (AvgIpc) is 2.73. The van der Waals surface area contributed by atoms with Gasteiger partial charge in [0.05, 0.1) is 6.42 Å². The molecule has 0 aliphatic carbocycles. The summed E-state index contributed by atoms with van der Waals surface area (Å²) in [5.74, 6) is -0.368. The lowest BCUT2D eigenvalue weighted by atomic mass is 10.1. The van der Waals surface area contributed by atoms with Crippen molar-refractivity contribution >= 4 is 23.4 Å². The molecule has 0 fully saturated rings. The summed E-state index contributed by atoms with van der Waals surface area (Å²) in [6.07, 6.45) is 2.91. The quantitative estimate of drug-likeness (QED) is 0.530. The number of carbonyl (C=O) groups is 3. The van der Waals surface area contributed by atoms with E-state index in [0.29, 0.717) is 19.4 Å². The first kappa shape index (κ1) is 23.1. The van der Waals surface area contributed by atoms with Gasteiger partial charge in [0.15, 0.2) is 0 Å². The molecule has 1 atom stereocenters. The maximum atomic E-state index is 12.6. The van der Waals surface area contributed by atoms with Gasteiger partial charge in [-0.2, -0.15) is 0 Å². The Morgan fingerprint density at radius 2 is 1.53 bits per heavy atom. The van der Waals surface area contributed by atoms with E-state index in [9.17, 15) is 14.4 Å². The van der Waals surface area contributed by atoms with E-state index in [-0.39, 0.29) is 24.1 Å². The molecule has 2 aromatic rings. The number of carbonyl (C=O) groups excluding carboxylic acids is 3. The highest BCUT2D eigenvalue weighted by Crippen LogP contribution is 2.10. The molecule has 0 spiro atoms. The molecule has 0 aliphatic heterocycles. The molecule has 2 rings (SSSR count). The third kappa shape index (κ3) is 8.07. The van der Waals surface area contributed by atoms with Crippen LogP contribution >= 0.6 is 0 Å². The lowest BCUT2D eigenvalue weighted by Gasteiger charge is -2.18. The Morgan fingerprint density at radius 3 is 2.17 bits per heavy atom. The molecule has 160 valence electrons. The van der Waals surface area contributed by atoms with Gasteiger partial charge in [-0.05, 0) is 36.1 Å². The third-order valence-electron chi connectivity index (χ3n) is 4.62. The van der Waals surface area contributed by atoms with Gasteiger partial charge in [0.1, 0.15) is 6.04 Å². The zero-order valence-electron chi connectivity index (χ0n) is 17.7. The Balaban J connectivity index is 1.85. The van der Waals surface area contributed by atoms with E-state index < -0.39 is 6.04 Å². The van der Waals surface area contributed by atoms with Gasteiger partial charge in [-0.3, -0.25) is 14.4 Å². The number of nitrogens with one attached hydrogen (secondary N) is 3. The second kappa shape index (κ2) is 12.4. The number of hydrogen-bond acceptors (Lipinski definition) is 3. The predicted molar refractivity (Wildman–Crippen MR) is 119 cm³/mol.